The Hall–Kier alpha value is -4.13. The van der Waals surface area contributed by atoms with Crippen molar-refractivity contribution in [2.24, 2.45) is 0 Å². The maximum absolute atomic E-state index is 16.0. The number of benzene rings is 1. The lowest BCUT2D eigenvalue weighted by Crippen LogP contribution is -2.54. The first-order valence-corrected chi connectivity index (χ1v) is 14.0. The molecule has 0 aliphatic carbocycles. The number of piperazine rings is 1. The second-order valence-corrected chi connectivity index (χ2v) is 10.5. The van der Waals surface area contributed by atoms with Crippen molar-refractivity contribution in [2.75, 3.05) is 37.7 Å². The van der Waals surface area contributed by atoms with Crippen LogP contribution in [0.25, 0.3) is 28.5 Å². The molecular formula is C30H30ClF2N5O5. The first-order chi connectivity index (χ1) is 20.6. The van der Waals surface area contributed by atoms with Gasteiger partial charge >= 0.3 is 5.69 Å². The molecule has 5 rings (SSSR count). The van der Waals surface area contributed by atoms with Gasteiger partial charge < -0.3 is 24.4 Å². The Labute approximate surface area is 251 Å². The number of amides is 1. The first-order valence-electron chi connectivity index (χ1n) is 13.6. The van der Waals surface area contributed by atoms with Gasteiger partial charge in [0, 0.05) is 38.5 Å². The van der Waals surface area contributed by atoms with Gasteiger partial charge in [-0.2, -0.15) is 4.98 Å². The van der Waals surface area contributed by atoms with Crippen molar-refractivity contribution in [3.8, 4) is 17.0 Å². The minimum atomic E-state index is -1.32. The van der Waals surface area contributed by atoms with Crippen LogP contribution in [0.3, 0.4) is 0 Å². The van der Waals surface area contributed by atoms with Crippen molar-refractivity contribution < 1.29 is 28.2 Å². The van der Waals surface area contributed by atoms with Gasteiger partial charge in [-0.1, -0.05) is 30.8 Å². The third-order valence-corrected chi connectivity index (χ3v) is 7.80. The summed E-state index contributed by atoms with van der Waals surface area (Å²) in [6.45, 7) is 11.7. The van der Waals surface area contributed by atoms with E-state index < -0.39 is 35.2 Å². The molecule has 226 valence electrons. The maximum Gasteiger partial charge on any atom is 0.355 e. The van der Waals surface area contributed by atoms with Crippen molar-refractivity contribution >= 4 is 40.6 Å². The number of anilines is 1. The molecule has 1 amide bonds. The molecule has 1 fully saturated rings. The number of fused-ring (bicyclic) bond motifs is 3. The molecule has 10 nitrogen and oxygen atoms in total. The van der Waals surface area contributed by atoms with E-state index in [9.17, 15) is 14.7 Å². The molecule has 3 aromatic rings. The van der Waals surface area contributed by atoms with E-state index in [0.29, 0.717) is 19.6 Å². The number of halogens is 3. The van der Waals surface area contributed by atoms with Crippen LogP contribution in [0.1, 0.15) is 13.8 Å². The minimum Gasteiger partial charge on any atom is -0.490 e. The Morgan fingerprint density at radius 2 is 2.05 bits per heavy atom. The summed E-state index contributed by atoms with van der Waals surface area (Å²) in [5.41, 5.74) is -1.46. The summed E-state index contributed by atoms with van der Waals surface area (Å²) >= 11 is 6.09. The smallest absolute Gasteiger partial charge is 0.355 e. The van der Waals surface area contributed by atoms with Gasteiger partial charge in [0.15, 0.2) is 17.3 Å². The largest absolute Gasteiger partial charge is 0.490 e. The lowest BCUT2D eigenvalue weighted by Gasteiger charge is -2.40. The number of ether oxygens (including phenoxy) is 2. The fraction of sp³-hybridized carbons (Fsp3) is 0.333. The topological polar surface area (TPSA) is 110 Å². The number of nitrogens with zero attached hydrogens (tertiary/aromatic N) is 5. The van der Waals surface area contributed by atoms with Crippen LogP contribution >= 0.6 is 11.6 Å². The SMILES string of the molecule is C=CC(=O)N1CCN(c2nc(=O)n3c4nc(c(F)cc24)-c2c(ccc(Cl)c2F)OCC(OCC)C(O)/C(C=C)=C/3)C(C)C1. The van der Waals surface area contributed by atoms with E-state index >= 15 is 8.78 Å². The van der Waals surface area contributed by atoms with E-state index in [4.69, 9.17) is 21.1 Å². The molecule has 3 unspecified atom stereocenters. The zero-order chi connectivity index (χ0) is 31.0. The second kappa shape index (κ2) is 12.2. The normalized spacial score (nSPS) is 21.7. The summed E-state index contributed by atoms with van der Waals surface area (Å²) in [5, 5.41) is 11.1. The monoisotopic (exact) mass is 613 g/mol. The fourth-order valence-corrected chi connectivity index (χ4v) is 5.50. The van der Waals surface area contributed by atoms with E-state index in [1.165, 1.54) is 30.5 Å². The van der Waals surface area contributed by atoms with Crippen LogP contribution in [-0.4, -0.2) is 81.5 Å². The van der Waals surface area contributed by atoms with E-state index in [2.05, 4.69) is 23.1 Å². The highest BCUT2D eigenvalue weighted by molar-refractivity contribution is 6.31. The number of aliphatic hydroxyl groups excluding tert-OH is 1. The van der Waals surface area contributed by atoms with Crippen molar-refractivity contribution in [3.63, 3.8) is 0 Å². The molecule has 1 aromatic carbocycles. The molecule has 3 atom stereocenters. The number of carbonyl (C=O) groups is 1. The lowest BCUT2D eigenvalue weighted by atomic mass is 10.0. The predicted octanol–water partition coefficient (Wildman–Crippen LogP) is 3.80. The van der Waals surface area contributed by atoms with Crippen LogP contribution in [0.15, 0.2) is 53.9 Å². The number of pyridine rings is 1. The van der Waals surface area contributed by atoms with Gasteiger partial charge in [-0.25, -0.2) is 18.6 Å². The molecule has 0 spiro atoms. The Balaban J connectivity index is 1.81. The molecule has 0 saturated carbocycles. The third-order valence-electron chi connectivity index (χ3n) is 7.50. The van der Waals surface area contributed by atoms with Crippen molar-refractivity contribution in [1.82, 2.24) is 19.4 Å². The molecule has 2 aromatic heterocycles. The van der Waals surface area contributed by atoms with Crippen molar-refractivity contribution in [1.29, 1.82) is 0 Å². The number of aromatic nitrogens is 3. The van der Waals surface area contributed by atoms with Gasteiger partial charge in [-0.3, -0.25) is 9.36 Å². The van der Waals surface area contributed by atoms with Gasteiger partial charge in [0.2, 0.25) is 5.91 Å². The van der Waals surface area contributed by atoms with Gasteiger partial charge in [0.05, 0.1) is 16.0 Å². The zero-order valence-electron chi connectivity index (χ0n) is 23.6. The van der Waals surface area contributed by atoms with Gasteiger partial charge in [-0.05, 0) is 43.7 Å². The number of carbonyl (C=O) groups excluding carboxylic acids is 1. The Kier molecular flexibility index (Phi) is 8.63. The fourth-order valence-electron chi connectivity index (χ4n) is 5.34. The summed E-state index contributed by atoms with van der Waals surface area (Å²) in [7, 11) is 0. The highest BCUT2D eigenvalue weighted by atomic mass is 35.5. The predicted molar refractivity (Wildman–Crippen MR) is 159 cm³/mol. The van der Waals surface area contributed by atoms with E-state index in [1.807, 2.05) is 6.92 Å². The first kappa shape index (κ1) is 30.3. The third kappa shape index (κ3) is 5.53. The quantitative estimate of drug-likeness (QED) is 0.433. The average Bonchev–Trinajstić information content (AvgIpc) is 2.99. The van der Waals surface area contributed by atoms with Crippen molar-refractivity contribution in [3.05, 3.63) is 76.2 Å². The summed E-state index contributed by atoms with van der Waals surface area (Å²) in [4.78, 5) is 38.0. The Bertz CT molecular complexity index is 1710. The molecule has 13 heteroatoms. The molecule has 43 heavy (non-hydrogen) atoms. The molecule has 4 heterocycles. The summed E-state index contributed by atoms with van der Waals surface area (Å²) in [6.07, 6.45) is 1.58. The second-order valence-electron chi connectivity index (χ2n) is 10.1. The number of aliphatic hydroxyl groups is 1. The van der Waals surface area contributed by atoms with Crippen LogP contribution in [0.4, 0.5) is 14.6 Å². The van der Waals surface area contributed by atoms with Gasteiger partial charge in [0.25, 0.3) is 0 Å². The van der Waals surface area contributed by atoms with Crippen LogP contribution in [0.5, 0.6) is 5.75 Å². The molecule has 2 aliphatic rings. The van der Waals surface area contributed by atoms with E-state index in [-0.39, 0.29) is 63.9 Å². The zero-order valence-corrected chi connectivity index (χ0v) is 24.4. The average molecular weight is 614 g/mol. The van der Waals surface area contributed by atoms with Crippen LogP contribution in [-0.2, 0) is 9.53 Å². The minimum absolute atomic E-state index is 0.0615. The Morgan fingerprint density at radius 3 is 2.72 bits per heavy atom. The van der Waals surface area contributed by atoms with Crippen LogP contribution in [0, 0.1) is 11.6 Å². The van der Waals surface area contributed by atoms with E-state index in [1.54, 1.807) is 16.7 Å². The molecule has 1 saturated heterocycles. The van der Waals surface area contributed by atoms with Gasteiger partial charge in [-0.15, -0.1) is 0 Å². The maximum atomic E-state index is 16.0. The summed E-state index contributed by atoms with van der Waals surface area (Å²) < 4.78 is 44.2. The molecule has 2 bridgehead atoms. The van der Waals surface area contributed by atoms with Crippen LogP contribution in [0.2, 0.25) is 5.02 Å². The van der Waals surface area contributed by atoms with Crippen molar-refractivity contribution in [2.45, 2.75) is 32.1 Å². The summed E-state index contributed by atoms with van der Waals surface area (Å²) in [5.74, 6) is -2.06. The Morgan fingerprint density at radius 1 is 1.28 bits per heavy atom. The molecule has 0 radical (unpaired) electrons. The molecule has 1 N–H and O–H groups in total. The highest BCUT2D eigenvalue weighted by Gasteiger charge is 2.32. The van der Waals surface area contributed by atoms with Gasteiger partial charge in [0.1, 0.15) is 36.1 Å². The standard InChI is InChI=1S/C30H30ClF2N5O5/c1-5-17-14-38-28-18(29(35-30(38)41)37-11-10-36(13-16(37)4)23(39)6-2)12-20(32)26(34-28)24-21(9-8-19(31)25(24)33)43-15-22(27(17)40)42-7-3/h5-6,8-9,12,14,16,22,27,40H,1-2,7,10-11,13,15H2,3-4H3/b17-14+. The summed E-state index contributed by atoms with van der Waals surface area (Å²) in [6, 6.07) is 3.45. The number of hydrogen-bond donors (Lipinski definition) is 1. The highest BCUT2D eigenvalue weighted by Crippen LogP contribution is 2.39. The lowest BCUT2D eigenvalue weighted by molar-refractivity contribution is -0.126. The van der Waals surface area contributed by atoms with Crippen LogP contribution < -0.4 is 15.3 Å². The number of hydrogen-bond acceptors (Lipinski definition) is 8. The van der Waals surface area contributed by atoms with E-state index in [0.717, 1.165) is 10.6 Å². The molecular weight excluding hydrogens is 584 g/mol. The molecule has 2 aliphatic heterocycles. The number of rotatable bonds is 5.